The number of rotatable bonds is 4. The quantitative estimate of drug-likeness (QED) is 0.289. The first-order chi connectivity index (χ1) is 18.9. The normalized spacial score (nSPS) is 29.0. The van der Waals surface area contributed by atoms with Crippen molar-refractivity contribution >= 4 is 11.0 Å². The zero-order valence-electron chi connectivity index (χ0n) is 23.0. The molecule has 2 heterocycles. The Morgan fingerprint density at radius 2 is 1.74 bits per heavy atom. The lowest BCUT2D eigenvalue weighted by molar-refractivity contribution is 0.262. The molecular formula is C34H35N5. The predicted octanol–water partition coefficient (Wildman–Crippen LogP) is 6.10. The molecule has 3 fully saturated rings. The van der Waals surface area contributed by atoms with E-state index in [-0.39, 0.29) is 5.54 Å². The molecule has 5 heteroatoms. The third-order valence-corrected chi connectivity index (χ3v) is 9.95. The molecule has 4 aromatic rings. The summed E-state index contributed by atoms with van der Waals surface area (Å²) in [5.41, 5.74) is 10.1. The summed E-state index contributed by atoms with van der Waals surface area (Å²) >= 11 is 0. The van der Waals surface area contributed by atoms with Crippen molar-refractivity contribution in [2.24, 2.45) is 17.3 Å². The van der Waals surface area contributed by atoms with Gasteiger partial charge in [0.2, 0.25) is 0 Å². The molecule has 2 unspecified atom stereocenters. The zero-order chi connectivity index (χ0) is 26.9. The van der Waals surface area contributed by atoms with Crippen LogP contribution in [0.15, 0.2) is 36.4 Å². The van der Waals surface area contributed by atoms with Gasteiger partial charge in [-0.25, -0.2) is 9.97 Å². The Labute approximate surface area is 230 Å². The van der Waals surface area contributed by atoms with Crippen molar-refractivity contribution in [1.82, 2.24) is 25.3 Å². The molecule has 2 aromatic heterocycles. The number of fused-ring (bicyclic) bond motifs is 5. The van der Waals surface area contributed by atoms with Gasteiger partial charge in [0.1, 0.15) is 11.6 Å². The van der Waals surface area contributed by atoms with Gasteiger partial charge in [-0.05, 0) is 92.2 Å². The first-order valence-electron chi connectivity index (χ1n) is 14.2. The standard InChI is InChI=1S/C32H33N5.C2H2/c1-18-14-32(18,3)33-17-28-34-25-10-7-20(13-27(25)35-28)5-4-19-6-9-22-21(12-19)8-11-26-29(22)37-30(36-26)23-15-31(2)16-24(23)31;1-2/h6-7,9-10,12-13,18,23-24,33H,8,11,14-17H2,1-3H3,(H,34,35)(H,36,37);1-2H/t18?,23-,24?,31+,32-;/m1./s1. The monoisotopic (exact) mass is 513 g/mol. The van der Waals surface area contributed by atoms with E-state index in [1.165, 1.54) is 47.6 Å². The summed E-state index contributed by atoms with van der Waals surface area (Å²) < 4.78 is 0. The van der Waals surface area contributed by atoms with E-state index in [1.54, 1.807) is 0 Å². The van der Waals surface area contributed by atoms with Crippen LogP contribution in [0, 0.1) is 41.9 Å². The van der Waals surface area contributed by atoms with E-state index < -0.39 is 0 Å². The Kier molecular flexibility index (Phi) is 5.35. The van der Waals surface area contributed by atoms with E-state index in [0.29, 0.717) is 11.3 Å². The number of terminal acetylenes is 1. The first kappa shape index (κ1) is 24.3. The largest absolute Gasteiger partial charge is 0.345 e. The summed E-state index contributed by atoms with van der Waals surface area (Å²) in [5.74, 6) is 11.2. The molecule has 3 N–H and O–H groups in total. The molecule has 196 valence electrons. The highest BCUT2D eigenvalue weighted by atomic mass is 15.1. The Hall–Kier alpha value is -3.80. The van der Waals surface area contributed by atoms with Crippen LogP contribution in [-0.2, 0) is 19.4 Å². The van der Waals surface area contributed by atoms with E-state index in [1.807, 2.05) is 0 Å². The van der Waals surface area contributed by atoms with Crippen LogP contribution in [0.3, 0.4) is 0 Å². The predicted molar refractivity (Wildman–Crippen MR) is 156 cm³/mol. The van der Waals surface area contributed by atoms with Crippen molar-refractivity contribution in [3.63, 3.8) is 0 Å². The highest BCUT2D eigenvalue weighted by Crippen LogP contribution is 2.73. The summed E-state index contributed by atoms with van der Waals surface area (Å²) in [7, 11) is 0. The van der Waals surface area contributed by atoms with Gasteiger partial charge in [0.05, 0.1) is 23.3 Å². The van der Waals surface area contributed by atoms with Crippen LogP contribution >= 0.6 is 0 Å². The lowest BCUT2D eigenvalue weighted by Gasteiger charge is -2.30. The third-order valence-electron chi connectivity index (χ3n) is 9.95. The molecule has 2 aromatic carbocycles. The maximum atomic E-state index is 5.10. The summed E-state index contributed by atoms with van der Waals surface area (Å²) in [6.45, 7) is 7.78. The highest BCUT2D eigenvalue weighted by molar-refractivity contribution is 5.77. The number of imidazole rings is 2. The van der Waals surface area contributed by atoms with Gasteiger partial charge in [-0.3, -0.25) is 0 Å². The fourth-order valence-electron chi connectivity index (χ4n) is 6.93. The van der Waals surface area contributed by atoms with Crippen LogP contribution in [0.1, 0.15) is 80.0 Å². The van der Waals surface area contributed by atoms with E-state index in [9.17, 15) is 0 Å². The zero-order valence-corrected chi connectivity index (χ0v) is 23.0. The Morgan fingerprint density at radius 1 is 0.974 bits per heavy atom. The summed E-state index contributed by atoms with van der Waals surface area (Å²) in [6, 6.07) is 12.9. The molecule has 0 aliphatic heterocycles. The molecule has 0 amide bonds. The van der Waals surface area contributed by atoms with Gasteiger partial charge in [-0.2, -0.15) is 0 Å². The molecule has 5 nitrogen and oxygen atoms in total. The van der Waals surface area contributed by atoms with Crippen LogP contribution in [0.4, 0.5) is 0 Å². The number of aromatic amines is 2. The molecule has 0 saturated heterocycles. The minimum Gasteiger partial charge on any atom is -0.345 e. The fourth-order valence-corrected chi connectivity index (χ4v) is 6.93. The van der Waals surface area contributed by atoms with Gasteiger partial charge in [-0.1, -0.05) is 31.8 Å². The molecule has 0 spiro atoms. The number of hydrogen-bond donors (Lipinski definition) is 3. The van der Waals surface area contributed by atoms with Crippen LogP contribution < -0.4 is 5.32 Å². The van der Waals surface area contributed by atoms with Crippen LogP contribution in [0.2, 0.25) is 0 Å². The molecule has 0 radical (unpaired) electrons. The van der Waals surface area contributed by atoms with Crippen molar-refractivity contribution in [2.45, 2.75) is 70.9 Å². The molecular weight excluding hydrogens is 478 g/mol. The van der Waals surface area contributed by atoms with Crippen molar-refractivity contribution in [1.29, 1.82) is 0 Å². The third kappa shape index (κ3) is 4.08. The van der Waals surface area contributed by atoms with Gasteiger partial charge in [0.25, 0.3) is 0 Å². The van der Waals surface area contributed by atoms with Crippen LogP contribution in [0.25, 0.3) is 22.3 Å². The molecule has 8 rings (SSSR count). The topological polar surface area (TPSA) is 69.4 Å². The van der Waals surface area contributed by atoms with E-state index in [4.69, 9.17) is 9.97 Å². The van der Waals surface area contributed by atoms with E-state index in [0.717, 1.165) is 59.2 Å². The van der Waals surface area contributed by atoms with Crippen molar-refractivity contribution < 1.29 is 0 Å². The molecule has 39 heavy (non-hydrogen) atoms. The average Bonchev–Trinajstić information content (AvgIpc) is 3.48. The molecule has 3 saturated carbocycles. The Balaban J connectivity index is 0.00000124. The second kappa shape index (κ2) is 8.60. The molecule has 5 atom stereocenters. The lowest BCUT2D eigenvalue weighted by atomic mass is 9.76. The maximum absolute atomic E-state index is 5.10. The second-order valence-electron chi connectivity index (χ2n) is 12.6. The minimum atomic E-state index is 0.265. The highest BCUT2D eigenvalue weighted by Gasteiger charge is 2.64. The smallest absolute Gasteiger partial charge is 0.121 e. The molecule has 4 aliphatic rings. The number of nitrogens with zero attached hydrogens (tertiary/aromatic N) is 2. The number of H-pyrrole nitrogens is 2. The second-order valence-corrected chi connectivity index (χ2v) is 12.6. The van der Waals surface area contributed by atoms with E-state index in [2.05, 4.69) is 97.1 Å². The van der Waals surface area contributed by atoms with Gasteiger partial charge < -0.3 is 15.3 Å². The average molecular weight is 514 g/mol. The van der Waals surface area contributed by atoms with Gasteiger partial charge >= 0.3 is 0 Å². The van der Waals surface area contributed by atoms with Gasteiger partial charge in [0, 0.05) is 33.8 Å². The SMILES string of the molecule is C#C.CC1C[C@@]1(C)NCc1nc2ccc(C#Cc3ccc4c(c3)CCc3[nH]c([C@@H]5C[C@@]6(C)CC56)nc3-4)cc2[nH]1. The summed E-state index contributed by atoms with van der Waals surface area (Å²) in [5, 5.41) is 3.64. The number of benzene rings is 2. The maximum Gasteiger partial charge on any atom is 0.121 e. The summed E-state index contributed by atoms with van der Waals surface area (Å²) in [4.78, 5) is 17.0. The first-order valence-corrected chi connectivity index (χ1v) is 14.2. The van der Waals surface area contributed by atoms with Crippen molar-refractivity contribution in [3.8, 4) is 35.9 Å². The van der Waals surface area contributed by atoms with Gasteiger partial charge in [0.15, 0.2) is 0 Å². The fraction of sp³-hybridized carbons (Fsp3) is 0.412. The number of aromatic nitrogens is 4. The van der Waals surface area contributed by atoms with Crippen molar-refractivity contribution in [2.75, 3.05) is 0 Å². The number of nitrogens with one attached hydrogen (secondary N) is 3. The molecule has 0 bridgehead atoms. The number of aryl methyl sites for hydroxylation is 2. The summed E-state index contributed by atoms with van der Waals surface area (Å²) in [6.07, 6.45) is 14.0. The Bertz CT molecular complexity index is 1690. The molecule has 4 aliphatic carbocycles. The van der Waals surface area contributed by atoms with Crippen molar-refractivity contribution in [3.05, 3.63) is 70.4 Å². The lowest BCUT2D eigenvalue weighted by Crippen LogP contribution is -2.29. The van der Waals surface area contributed by atoms with Crippen LogP contribution in [-0.4, -0.2) is 25.5 Å². The Morgan fingerprint density at radius 3 is 2.46 bits per heavy atom. The minimum absolute atomic E-state index is 0.265. The van der Waals surface area contributed by atoms with Gasteiger partial charge in [-0.15, -0.1) is 12.8 Å². The van der Waals surface area contributed by atoms with Crippen LogP contribution in [0.5, 0.6) is 0 Å². The number of hydrogen-bond acceptors (Lipinski definition) is 3. The van der Waals surface area contributed by atoms with E-state index >= 15 is 0 Å².